The summed E-state index contributed by atoms with van der Waals surface area (Å²) < 4.78 is 0. The zero-order valence-electron chi connectivity index (χ0n) is 10.1. The van der Waals surface area contributed by atoms with Crippen LogP contribution in [0.15, 0.2) is 17.3 Å². The van der Waals surface area contributed by atoms with E-state index < -0.39 is 5.54 Å². The van der Waals surface area contributed by atoms with Crippen LogP contribution in [0, 0.1) is 11.8 Å². The molecule has 0 aliphatic heterocycles. The van der Waals surface area contributed by atoms with Gasteiger partial charge in [0.15, 0.2) is 0 Å². The fourth-order valence-electron chi connectivity index (χ4n) is 1.38. The molecule has 0 bridgehead atoms. The Kier molecular flexibility index (Phi) is 4.37. The van der Waals surface area contributed by atoms with Gasteiger partial charge in [-0.15, -0.1) is 4.91 Å². The number of nitrogens with one attached hydrogen (secondary N) is 1. The first-order valence-corrected chi connectivity index (χ1v) is 5.62. The number of carbonyl (C=O) groups is 1. The highest BCUT2D eigenvalue weighted by Gasteiger charge is 2.17. The van der Waals surface area contributed by atoms with Gasteiger partial charge in [0.05, 0.1) is 5.54 Å². The summed E-state index contributed by atoms with van der Waals surface area (Å²) in [4.78, 5) is 21.5. The lowest BCUT2D eigenvalue weighted by molar-refractivity contribution is -0.112. The molecule has 0 unspecified atom stereocenters. The van der Waals surface area contributed by atoms with Crippen molar-refractivity contribution in [1.29, 1.82) is 0 Å². The molecule has 0 amide bonds. The maximum Gasteiger partial charge on any atom is 0.139 e. The van der Waals surface area contributed by atoms with Gasteiger partial charge in [-0.3, -0.25) is 0 Å². The van der Waals surface area contributed by atoms with Crippen molar-refractivity contribution >= 4 is 23.6 Å². The molecule has 0 radical (unpaired) electrons. The molecule has 0 saturated carbocycles. The number of nitroso groups, excluding NO2 is 1. The Morgan fingerprint density at radius 1 is 1.47 bits per heavy atom. The number of aldehydes is 1. The predicted octanol–water partition coefficient (Wildman–Crippen LogP) is 3.11. The molecule has 0 spiro atoms. The summed E-state index contributed by atoms with van der Waals surface area (Å²) in [6.45, 7) is 5.71. The first-order chi connectivity index (χ1) is 7.91. The molecule has 1 N–H and O–H groups in total. The molecule has 0 aliphatic carbocycles. The summed E-state index contributed by atoms with van der Waals surface area (Å²) in [6.07, 6.45) is 0.820. The molecular formula is C12H15ClN2O2. The number of benzene rings is 1. The number of halogens is 1. The maximum absolute atomic E-state index is 10.8. The third-order valence-electron chi connectivity index (χ3n) is 2.62. The molecule has 0 saturated heterocycles. The smallest absolute Gasteiger partial charge is 0.139 e. The summed E-state index contributed by atoms with van der Waals surface area (Å²) in [5.41, 5.74) is 1.23. The van der Waals surface area contributed by atoms with Gasteiger partial charge in [-0.05, 0) is 49.2 Å². The molecule has 0 aromatic heterocycles. The minimum absolute atomic E-state index is 0.348. The van der Waals surface area contributed by atoms with Gasteiger partial charge in [-0.1, -0.05) is 11.6 Å². The molecule has 4 nitrogen and oxygen atoms in total. The van der Waals surface area contributed by atoms with Crippen molar-refractivity contribution in [2.45, 2.75) is 32.9 Å². The van der Waals surface area contributed by atoms with Crippen LogP contribution in [0.4, 0.5) is 5.69 Å². The van der Waals surface area contributed by atoms with Crippen LogP contribution < -0.4 is 5.32 Å². The van der Waals surface area contributed by atoms with Crippen LogP contribution in [0.2, 0.25) is 5.02 Å². The van der Waals surface area contributed by atoms with Crippen LogP contribution in [0.25, 0.3) is 0 Å². The molecule has 0 atom stereocenters. The Balaban J connectivity index is 3.01. The van der Waals surface area contributed by atoms with Crippen LogP contribution in [0.1, 0.15) is 25.0 Å². The van der Waals surface area contributed by atoms with Gasteiger partial charge in [0.25, 0.3) is 0 Å². The van der Waals surface area contributed by atoms with E-state index in [1.807, 2.05) is 6.92 Å². The van der Waals surface area contributed by atoms with Crippen LogP contribution >= 0.6 is 11.6 Å². The van der Waals surface area contributed by atoms with Gasteiger partial charge < -0.3 is 10.1 Å². The monoisotopic (exact) mass is 254 g/mol. The number of rotatable bonds is 5. The maximum atomic E-state index is 10.8. The van der Waals surface area contributed by atoms with E-state index in [2.05, 4.69) is 10.5 Å². The molecular weight excluding hydrogens is 240 g/mol. The summed E-state index contributed by atoms with van der Waals surface area (Å²) in [5, 5.41) is 6.59. The molecule has 92 valence electrons. The minimum atomic E-state index is -0.644. The van der Waals surface area contributed by atoms with Crippen molar-refractivity contribution in [2.75, 3.05) is 0 Å². The number of hydrogen-bond acceptors (Lipinski definition) is 4. The van der Waals surface area contributed by atoms with Crippen molar-refractivity contribution in [3.8, 4) is 0 Å². The number of carbonyl (C=O) groups excluding carboxylic acids is 1. The minimum Gasteiger partial charge on any atom is -0.301 e. The van der Waals surface area contributed by atoms with Crippen molar-refractivity contribution in [3.63, 3.8) is 0 Å². The molecule has 0 heterocycles. The first-order valence-electron chi connectivity index (χ1n) is 5.24. The normalized spacial score (nSPS) is 11.3. The van der Waals surface area contributed by atoms with Crippen molar-refractivity contribution in [2.24, 2.45) is 5.18 Å². The largest absolute Gasteiger partial charge is 0.301 e. The van der Waals surface area contributed by atoms with E-state index in [9.17, 15) is 9.70 Å². The van der Waals surface area contributed by atoms with Gasteiger partial charge in [-0.2, -0.15) is 0 Å². The summed E-state index contributed by atoms with van der Waals surface area (Å²) in [6, 6.07) is 3.22. The van der Waals surface area contributed by atoms with E-state index in [4.69, 9.17) is 11.6 Å². The topological polar surface area (TPSA) is 58.5 Å². The lowest BCUT2D eigenvalue weighted by Crippen LogP contribution is -2.40. The Morgan fingerprint density at radius 2 is 2.12 bits per heavy atom. The highest BCUT2D eigenvalue weighted by atomic mass is 35.5. The highest BCUT2D eigenvalue weighted by molar-refractivity contribution is 6.31. The SMILES string of the molecule is Cc1c(Cl)ccc(N=O)c1CNC(C)(C)C=O. The van der Waals surface area contributed by atoms with Gasteiger partial charge in [-0.25, -0.2) is 0 Å². The van der Waals surface area contributed by atoms with Crippen molar-refractivity contribution < 1.29 is 4.79 Å². The quantitative estimate of drug-likeness (QED) is 0.649. The fraction of sp³-hybridized carbons (Fsp3) is 0.417. The highest BCUT2D eigenvalue weighted by Crippen LogP contribution is 2.28. The molecule has 17 heavy (non-hydrogen) atoms. The molecule has 1 aromatic carbocycles. The van der Waals surface area contributed by atoms with E-state index in [1.165, 1.54) is 0 Å². The van der Waals surface area contributed by atoms with Gasteiger partial charge in [0, 0.05) is 11.6 Å². The standard InChI is InChI=1S/C12H15ClN2O2/c1-8-9(6-14-12(2,3)7-16)11(15-17)5-4-10(8)13/h4-5,7,14H,6H2,1-3H3. The second kappa shape index (κ2) is 5.38. The summed E-state index contributed by atoms with van der Waals surface area (Å²) in [5.74, 6) is 0. The van der Waals surface area contributed by atoms with Crippen LogP contribution in [-0.4, -0.2) is 11.8 Å². The Bertz CT molecular complexity index is 444. The number of hydrogen-bond donors (Lipinski definition) is 1. The van der Waals surface area contributed by atoms with E-state index >= 15 is 0 Å². The fourth-order valence-corrected chi connectivity index (χ4v) is 1.56. The summed E-state index contributed by atoms with van der Waals surface area (Å²) in [7, 11) is 0. The van der Waals surface area contributed by atoms with E-state index in [1.54, 1.807) is 26.0 Å². The first kappa shape index (κ1) is 13.8. The van der Waals surface area contributed by atoms with Gasteiger partial charge in [0.1, 0.15) is 12.0 Å². The molecule has 1 rings (SSSR count). The third kappa shape index (κ3) is 3.35. The van der Waals surface area contributed by atoms with Crippen molar-refractivity contribution in [3.05, 3.63) is 33.2 Å². The van der Waals surface area contributed by atoms with Crippen LogP contribution in [0.3, 0.4) is 0 Å². The lowest BCUT2D eigenvalue weighted by atomic mass is 10.0. The second-order valence-corrected chi connectivity index (χ2v) is 4.86. The van der Waals surface area contributed by atoms with Crippen LogP contribution in [0.5, 0.6) is 0 Å². The average molecular weight is 255 g/mol. The third-order valence-corrected chi connectivity index (χ3v) is 3.03. The molecule has 5 heteroatoms. The zero-order chi connectivity index (χ0) is 13.1. The van der Waals surface area contributed by atoms with Crippen molar-refractivity contribution in [1.82, 2.24) is 5.32 Å². The van der Waals surface area contributed by atoms with Gasteiger partial charge >= 0.3 is 0 Å². The summed E-state index contributed by atoms with van der Waals surface area (Å²) >= 11 is 5.99. The van der Waals surface area contributed by atoms with E-state index in [-0.39, 0.29) is 0 Å². The molecule has 1 aromatic rings. The molecule has 0 aliphatic rings. The van der Waals surface area contributed by atoms with Gasteiger partial charge in [0.2, 0.25) is 0 Å². The Labute approximate surface area is 105 Å². The lowest BCUT2D eigenvalue weighted by Gasteiger charge is -2.20. The second-order valence-electron chi connectivity index (χ2n) is 4.45. The van der Waals surface area contributed by atoms with Crippen LogP contribution in [-0.2, 0) is 11.3 Å². The average Bonchev–Trinajstić information content (AvgIpc) is 2.31. The predicted molar refractivity (Wildman–Crippen MR) is 68.6 cm³/mol. The zero-order valence-corrected chi connectivity index (χ0v) is 10.8. The van der Waals surface area contributed by atoms with E-state index in [0.717, 1.165) is 17.4 Å². The number of nitrogens with zero attached hydrogens (tertiary/aromatic N) is 1. The Hall–Kier alpha value is -1.26. The Morgan fingerprint density at radius 3 is 2.65 bits per heavy atom. The van der Waals surface area contributed by atoms with E-state index in [0.29, 0.717) is 17.3 Å². The molecule has 0 fully saturated rings.